The second-order valence-corrected chi connectivity index (χ2v) is 7.86. The van der Waals surface area contributed by atoms with Gasteiger partial charge in [0.05, 0.1) is 0 Å². The van der Waals surface area contributed by atoms with Gasteiger partial charge < -0.3 is 10.6 Å². The van der Waals surface area contributed by atoms with Crippen LogP contribution in [0.4, 0.5) is 4.39 Å². The van der Waals surface area contributed by atoms with Gasteiger partial charge in [0.15, 0.2) is 0 Å². The monoisotopic (exact) mass is 344 g/mol. The van der Waals surface area contributed by atoms with Crippen LogP contribution >= 0.6 is 0 Å². The molecule has 0 spiro atoms. The first-order valence-corrected chi connectivity index (χ1v) is 9.46. The molecule has 1 aromatic rings. The summed E-state index contributed by atoms with van der Waals surface area (Å²) in [5.41, 5.74) is 0.908. The largest absolute Gasteiger partial charge is 0.353 e. The van der Waals surface area contributed by atoms with Crippen LogP contribution in [0.1, 0.15) is 56.4 Å². The summed E-state index contributed by atoms with van der Waals surface area (Å²) in [6.45, 7) is 0. The van der Waals surface area contributed by atoms with Crippen molar-refractivity contribution in [3.05, 3.63) is 35.6 Å². The smallest absolute Gasteiger partial charge is 0.223 e. The maximum Gasteiger partial charge on any atom is 0.223 e. The second-order valence-electron chi connectivity index (χ2n) is 7.86. The van der Waals surface area contributed by atoms with Gasteiger partial charge in [-0.2, -0.15) is 0 Å². The highest BCUT2D eigenvalue weighted by molar-refractivity contribution is 5.83. The topological polar surface area (TPSA) is 58.2 Å². The molecule has 3 fully saturated rings. The molecule has 0 aromatic heterocycles. The Bertz CT molecular complexity index is 673. The number of carbonyl (C=O) groups excluding carboxylic acids is 2. The molecule has 3 aliphatic carbocycles. The lowest BCUT2D eigenvalue weighted by atomic mass is 9.85. The molecule has 3 aliphatic rings. The predicted octanol–water partition coefficient (Wildman–Crippen LogP) is 2.88. The minimum atomic E-state index is -0.250. The SMILES string of the molecule is O=C(NC1CC1)[C@@H]1CCC[C@H](NC(=O)[C@@H]2C[C@H]2c2cccc(F)c2)C1. The van der Waals surface area contributed by atoms with E-state index in [2.05, 4.69) is 10.6 Å². The molecule has 3 saturated carbocycles. The highest BCUT2D eigenvalue weighted by Gasteiger charge is 2.44. The van der Waals surface area contributed by atoms with Crippen molar-refractivity contribution >= 4 is 11.8 Å². The molecule has 5 heteroatoms. The Morgan fingerprint density at radius 3 is 2.52 bits per heavy atom. The fraction of sp³-hybridized carbons (Fsp3) is 0.600. The van der Waals surface area contributed by atoms with Crippen molar-refractivity contribution in [2.45, 2.75) is 62.9 Å². The Labute approximate surface area is 147 Å². The summed E-state index contributed by atoms with van der Waals surface area (Å²) in [5.74, 6) is 0.0713. The van der Waals surface area contributed by atoms with Crippen LogP contribution in [0.25, 0.3) is 0 Å². The third kappa shape index (κ3) is 4.02. The van der Waals surface area contributed by atoms with Crippen LogP contribution in [0.5, 0.6) is 0 Å². The second kappa shape index (κ2) is 6.77. The normalized spacial score (nSPS) is 31.2. The van der Waals surface area contributed by atoms with Gasteiger partial charge in [-0.25, -0.2) is 4.39 Å². The number of rotatable bonds is 5. The van der Waals surface area contributed by atoms with E-state index in [1.165, 1.54) is 12.1 Å². The number of nitrogens with one attached hydrogen (secondary N) is 2. The molecule has 134 valence electrons. The third-order valence-corrected chi connectivity index (χ3v) is 5.72. The molecule has 0 saturated heterocycles. The van der Waals surface area contributed by atoms with E-state index in [0.29, 0.717) is 6.04 Å². The van der Waals surface area contributed by atoms with E-state index < -0.39 is 0 Å². The summed E-state index contributed by atoms with van der Waals surface area (Å²) < 4.78 is 13.3. The van der Waals surface area contributed by atoms with Gasteiger partial charge in [0.1, 0.15) is 5.82 Å². The zero-order chi connectivity index (χ0) is 17.4. The lowest BCUT2D eigenvalue weighted by Crippen LogP contribution is -2.43. The van der Waals surface area contributed by atoms with Crippen LogP contribution in [-0.4, -0.2) is 23.9 Å². The molecule has 25 heavy (non-hydrogen) atoms. The van der Waals surface area contributed by atoms with Crippen LogP contribution in [0, 0.1) is 17.7 Å². The summed E-state index contributed by atoms with van der Waals surface area (Å²) >= 11 is 0. The molecule has 0 bridgehead atoms. The Hall–Kier alpha value is -1.91. The molecule has 0 unspecified atom stereocenters. The van der Waals surface area contributed by atoms with Gasteiger partial charge in [-0.1, -0.05) is 18.6 Å². The molecule has 4 rings (SSSR count). The van der Waals surface area contributed by atoms with E-state index in [4.69, 9.17) is 0 Å². The average Bonchev–Trinajstić information content (AvgIpc) is 3.49. The minimum absolute atomic E-state index is 0.0258. The molecular formula is C20H25FN2O2. The number of hydrogen-bond donors (Lipinski definition) is 2. The summed E-state index contributed by atoms with van der Waals surface area (Å²) in [7, 11) is 0. The highest BCUT2D eigenvalue weighted by atomic mass is 19.1. The van der Waals surface area contributed by atoms with Gasteiger partial charge in [0.2, 0.25) is 11.8 Å². The van der Waals surface area contributed by atoms with E-state index in [9.17, 15) is 14.0 Å². The summed E-state index contributed by atoms with van der Waals surface area (Å²) in [6.07, 6.45) is 6.56. The van der Waals surface area contributed by atoms with Crippen LogP contribution in [0.2, 0.25) is 0 Å². The predicted molar refractivity (Wildman–Crippen MR) is 92.3 cm³/mol. The van der Waals surface area contributed by atoms with Crippen molar-refractivity contribution in [2.75, 3.05) is 0 Å². The van der Waals surface area contributed by atoms with Gasteiger partial charge in [0.25, 0.3) is 0 Å². The summed E-state index contributed by atoms with van der Waals surface area (Å²) in [4.78, 5) is 24.7. The molecule has 2 amide bonds. The lowest BCUT2D eigenvalue weighted by Gasteiger charge is -2.29. The van der Waals surface area contributed by atoms with Gasteiger partial charge >= 0.3 is 0 Å². The van der Waals surface area contributed by atoms with Gasteiger partial charge in [-0.05, 0) is 62.1 Å². The molecule has 0 radical (unpaired) electrons. The average molecular weight is 344 g/mol. The van der Waals surface area contributed by atoms with Crippen molar-refractivity contribution in [1.82, 2.24) is 10.6 Å². The number of halogens is 1. The molecular weight excluding hydrogens is 319 g/mol. The number of hydrogen-bond acceptors (Lipinski definition) is 2. The molecule has 1 aromatic carbocycles. The van der Waals surface area contributed by atoms with Crippen molar-refractivity contribution in [2.24, 2.45) is 11.8 Å². The standard InChI is InChI=1S/C20H25FN2O2/c21-14-5-1-3-12(9-14)17-11-18(17)20(25)23-16-6-2-4-13(10-16)19(24)22-15-7-8-15/h1,3,5,9,13,15-18H,2,4,6-8,10-11H2,(H,22,24)(H,23,25)/t13-,16+,17+,18-/m1/s1. The number of amides is 2. The summed E-state index contributed by atoms with van der Waals surface area (Å²) in [6, 6.07) is 7.01. The fourth-order valence-corrected chi connectivity index (χ4v) is 4.00. The van der Waals surface area contributed by atoms with Gasteiger partial charge in [-0.15, -0.1) is 0 Å². The first-order valence-electron chi connectivity index (χ1n) is 9.46. The first-order chi connectivity index (χ1) is 12.1. The van der Waals surface area contributed by atoms with E-state index in [-0.39, 0.29) is 41.4 Å². The van der Waals surface area contributed by atoms with Crippen molar-refractivity contribution < 1.29 is 14.0 Å². The van der Waals surface area contributed by atoms with Crippen LogP contribution in [-0.2, 0) is 9.59 Å². The van der Waals surface area contributed by atoms with Crippen molar-refractivity contribution in [3.63, 3.8) is 0 Å². The maximum absolute atomic E-state index is 13.3. The third-order valence-electron chi connectivity index (χ3n) is 5.72. The minimum Gasteiger partial charge on any atom is -0.353 e. The number of carbonyl (C=O) groups is 2. The Kier molecular flexibility index (Phi) is 4.48. The lowest BCUT2D eigenvalue weighted by molar-refractivity contribution is -0.128. The van der Waals surface area contributed by atoms with Crippen molar-refractivity contribution in [3.8, 4) is 0 Å². The molecule has 0 heterocycles. The number of benzene rings is 1. The maximum atomic E-state index is 13.3. The Morgan fingerprint density at radius 2 is 1.76 bits per heavy atom. The van der Waals surface area contributed by atoms with Gasteiger partial charge in [-0.3, -0.25) is 9.59 Å². The van der Waals surface area contributed by atoms with E-state index >= 15 is 0 Å². The first kappa shape index (κ1) is 16.6. The molecule has 2 N–H and O–H groups in total. The van der Waals surface area contributed by atoms with Crippen LogP contribution in [0.3, 0.4) is 0 Å². The molecule has 4 nitrogen and oxygen atoms in total. The molecule has 4 atom stereocenters. The highest BCUT2D eigenvalue weighted by Crippen LogP contribution is 2.47. The van der Waals surface area contributed by atoms with E-state index in [1.807, 2.05) is 6.07 Å². The zero-order valence-electron chi connectivity index (χ0n) is 14.3. The van der Waals surface area contributed by atoms with E-state index in [0.717, 1.165) is 50.5 Å². The van der Waals surface area contributed by atoms with E-state index in [1.54, 1.807) is 6.07 Å². The summed E-state index contributed by atoms with van der Waals surface area (Å²) in [5, 5.41) is 6.22. The van der Waals surface area contributed by atoms with Crippen LogP contribution in [0.15, 0.2) is 24.3 Å². The Morgan fingerprint density at radius 1 is 0.960 bits per heavy atom. The van der Waals surface area contributed by atoms with Crippen molar-refractivity contribution in [1.29, 1.82) is 0 Å². The Balaban J connectivity index is 1.28. The fourth-order valence-electron chi connectivity index (χ4n) is 4.00. The zero-order valence-corrected chi connectivity index (χ0v) is 14.3. The van der Waals surface area contributed by atoms with Crippen LogP contribution < -0.4 is 10.6 Å². The quantitative estimate of drug-likeness (QED) is 0.863. The molecule has 0 aliphatic heterocycles. The van der Waals surface area contributed by atoms with Gasteiger partial charge in [0, 0.05) is 23.9 Å².